The van der Waals surface area contributed by atoms with Crippen LogP contribution in [0.15, 0.2) is 30.5 Å². The minimum absolute atomic E-state index is 0.178. The molecule has 3 aromatic rings. The fraction of sp³-hybridized carbons (Fsp3) is 0.391. The predicted molar refractivity (Wildman–Crippen MR) is 124 cm³/mol. The van der Waals surface area contributed by atoms with Crippen LogP contribution in [0.4, 0.5) is 24.7 Å². The normalized spacial score (nSPS) is 18.8. The zero-order valence-electron chi connectivity index (χ0n) is 18.6. The number of aromatic nitrogens is 2. The summed E-state index contributed by atoms with van der Waals surface area (Å²) in [6, 6.07) is 6.11. The molecule has 0 radical (unpaired) electrons. The number of nitrogens with two attached hydrogens (primary N) is 1. The first-order chi connectivity index (χ1) is 16.1. The lowest BCUT2D eigenvalue weighted by molar-refractivity contribution is -0.146. The van der Waals surface area contributed by atoms with Crippen LogP contribution in [0.3, 0.4) is 0 Å². The number of anilines is 2. The first kappa shape index (κ1) is 23.9. The second-order valence-corrected chi connectivity index (χ2v) is 9.51. The van der Waals surface area contributed by atoms with Gasteiger partial charge in [0.25, 0.3) is 0 Å². The van der Waals surface area contributed by atoms with Crippen molar-refractivity contribution in [3.63, 3.8) is 0 Å². The maximum Gasteiger partial charge on any atom is 0.443 e. The molecular weight excluding hydrogens is 467 g/mol. The number of carbonyl (C=O) groups excluding carboxylic acids is 2. The van der Waals surface area contributed by atoms with Crippen LogP contribution in [-0.2, 0) is 22.2 Å². The van der Waals surface area contributed by atoms with E-state index in [-0.39, 0.29) is 11.4 Å². The molecule has 0 unspecified atom stereocenters. The van der Waals surface area contributed by atoms with Gasteiger partial charge in [-0.2, -0.15) is 13.2 Å². The first-order valence-corrected chi connectivity index (χ1v) is 11.7. The van der Waals surface area contributed by atoms with E-state index >= 15 is 0 Å². The molecule has 0 spiro atoms. The second-order valence-electron chi connectivity index (χ2n) is 8.48. The number of carbonyl (C=O) groups is 2. The molecule has 1 aliphatic rings. The summed E-state index contributed by atoms with van der Waals surface area (Å²) in [6.45, 7) is 4.26. The molecule has 2 amide bonds. The number of nitrogens with zero attached hydrogens (tertiary/aromatic N) is 3. The lowest BCUT2D eigenvalue weighted by Gasteiger charge is -2.38. The molecule has 1 fully saturated rings. The predicted octanol–water partition coefficient (Wildman–Crippen LogP) is 4.79. The van der Waals surface area contributed by atoms with Gasteiger partial charge < -0.3 is 16.0 Å². The van der Waals surface area contributed by atoms with Crippen LogP contribution < -0.4 is 11.1 Å². The van der Waals surface area contributed by atoms with E-state index in [9.17, 15) is 22.8 Å². The van der Waals surface area contributed by atoms with E-state index in [1.807, 2.05) is 13.8 Å². The monoisotopic (exact) mass is 491 g/mol. The highest BCUT2D eigenvalue weighted by atomic mass is 32.1. The van der Waals surface area contributed by atoms with Crippen molar-refractivity contribution in [2.45, 2.75) is 45.3 Å². The number of halogens is 3. The Bertz CT molecular complexity index is 1240. The topological polar surface area (TPSA) is 101 Å². The Labute approximate surface area is 198 Å². The van der Waals surface area contributed by atoms with Crippen LogP contribution in [-0.4, -0.2) is 33.2 Å². The number of hydrogen-bond donors (Lipinski definition) is 2. The number of rotatable bonds is 3. The SMILES string of the molecule is CCc1cc(NC(=O)C(=O)N2C[C@@H](C)CC[C@@H]2c2ccc3sc(C(F)(F)F)nc3c2)cnc1N. The molecule has 180 valence electrons. The standard InChI is InChI=1S/C23H24F3N5O2S/c1-3-13-8-15(10-28-19(13)27)29-20(32)21(33)31-11-12(2)4-6-17(31)14-5-7-18-16(9-14)30-22(34-18)23(24,25)26/h5,7-10,12,17H,3-4,6,11H2,1-2H3,(H2,27,28)(H,29,32)/t12-,17+/m0/s1. The number of alkyl halides is 3. The Balaban J connectivity index is 1.59. The molecule has 1 aliphatic heterocycles. The zero-order chi connectivity index (χ0) is 24.6. The van der Waals surface area contributed by atoms with Gasteiger partial charge in [0.15, 0.2) is 5.01 Å². The van der Waals surface area contributed by atoms with Gasteiger partial charge in [-0.15, -0.1) is 11.3 Å². The Morgan fingerprint density at radius 3 is 2.74 bits per heavy atom. The summed E-state index contributed by atoms with van der Waals surface area (Å²) in [5.41, 5.74) is 7.81. The largest absolute Gasteiger partial charge is 0.443 e. The number of fused-ring (bicyclic) bond motifs is 1. The maximum atomic E-state index is 13.2. The quantitative estimate of drug-likeness (QED) is 0.513. The smallest absolute Gasteiger partial charge is 0.383 e. The molecule has 3 N–H and O–H groups in total. The molecular formula is C23H24F3N5O2S. The lowest BCUT2D eigenvalue weighted by atomic mass is 9.89. The van der Waals surface area contributed by atoms with E-state index in [2.05, 4.69) is 15.3 Å². The van der Waals surface area contributed by atoms with Crippen molar-refractivity contribution in [2.75, 3.05) is 17.6 Å². The number of aryl methyl sites for hydroxylation is 1. The van der Waals surface area contributed by atoms with Crippen LogP contribution in [0.5, 0.6) is 0 Å². The van der Waals surface area contributed by atoms with Crippen molar-refractivity contribution in [1.29, 1.82) is 0 Å². The highest BCUT2D eigenvalue weighted by Crippen LogP contribution is 2.38. The number of nitrogens with one attached hydrogen (secondary N) is 1. The molecule has 1 aromatic carbocycles. The minimum Gasteiger partial charge on any atom is -0.383 e. The molecule has 2 aromatic heterocycles. The van der Waals surface area contributed by atoms with E-state index in [0.29, 0.717) is 52.5 Å². The number of hydrogen-bond acceptors (Lipinski definition) is 6. The number of thiazole rings is 1. The first-order valence-electron chi connectivity index (χ1n) is 10.9. The Morgan fingerprint density at radius 1 is 1.26 bits per heavy atom. The number of likely N-dealkylation sites (tertiary alicyclic amines) is 1. The fourth-order valence-electron chi connectivity index (χ4n) is 4.18. The average Bonchev–Trinajstić information content (AvgIpc) is 3.24. The number of pyridine rings is 1. The van der Waals surface area contributed by atoms with Gasteiger partial charge in [-0.1, -0.05) is 19.9 Å². The molecule has 7 nitrogen and oxygen atoms in total. The van der Waals surface area contributed by atoms with Crippen LogP contribution in [0, 0.1) is 5.92 Å². The molecule has 1 saturated heterocycles. The van der Waals surface area contributed by atoms with Crippen LogP contribution >= 0.6 is 11.3 Å². The number of piperidine rings is 1. The van der Waals surface area contributed by atoms with Gasteiger partial charge in [0, 0.05) is 6.54 Å². The summed E-state index contributed by atoms with van der Waals surface area (Å²) >= 11 is 0.582. The van der Waals surface area contributed by atoms with Crippen molar-refractivity contribution in [3.05, 3.63) is 46.6 Å². The van der Waals surface area contributed by atoms with Crippen molar-refractivity contribution < 1.29 is 22.8 Å². The Kier molecular flexibility index (Phi) is 6.48. The van der Waals surface area contributed by atoms with E-state index < -0.39 is 29.0 Å². The van der Waals surface area contributed by atoms with Gasteiger partial charge in [0.1, 0.15) is 5.82 Å². The van der Waals surface area contributed by atoms with Gasteiger partial charge in [0.2, 0.25) is 0 Å². The highest BCUT2D eigenvalue weighted by Gasteiger charge is 2.36. The van der Waals surface area contributed by atoms with Crippen molar-refractivity contribution >= 4 is 44.9 Å². The van der Waals surface area contributed by atoms with Gasteiger partial charge >= 0.3 is 18.0 Å². The molecule has 3 heterocycles. The molecule has 0 bridgehead atoms. The molecule has 11 heteroatoms. The number of nitrogen functional groups attached to an aromatic ring is 1. The Hall–Kier alpha value is -3.21. The summed E-state index contributed by atoms with van der Waals surface area (Å²) in [5.74, 6) is -0.969. The highest BCUT2D eigenvalue weighted by molar-refractivity contribution is 7.18. The van der Waals surface area contributed by atoms with E-state index in [0.717, 1.165) is 12.0 Å². The number of benzene rings is 1. The van der Waals surface area contributed by atoms with Crippen LogP contribution in [0.2, 0.25) is 0 Å². The van der Waals surface area contributed by atoms with Crippen LogP contribution in [0.25, 0.3) is 10.2 Å². The van der Waals surface area contributed by atoms with Crippen molar-refractivity contribution in [2.24, 2.45) is 5.92 Å². The van der Waals surface area contributed by atoms with Gasteiger partial charge in [0.05, 0.1) is 28.1 Å². The summed E-state index contributed by atoms with van der Waals surface area (Å²) in [5, 5.41) is 1.68. The van der Waals surface area contributed by atoms with Gasteiger partial charge in [-0.25, -0.2) is 9.97 Å². The Morgan fingerprint density at radius 2 is 2.03 bits per heavy atom. The summed E-state index contributed by atoms with van der Waals surface area (Å²) < 4.78 is 39.6. The second kappa shape index (κ2) is 9.21. The zero-order valence-corrected chi connectivity index (χ0v) is 19.5. The summed E-state index contributed by atoms with van der Waals surface area (Å²) in [4.78, 5) is 35.2. The third-order valence-corrected chi connectivity index (χ3v) is 7.03. The third kappa shape index (κ3) is 4.84. The number of amides is 2. The maximum absolute atomic E-state index is 13.2. The van der Waals surface area contributed by atoms with E-state index in [1.165, 1.54) is 11.1 Å². The fourth-order valence-corrected chi connectivity index (χ4v) is 5.00. The molecule has 0 saturated carbocycles. The summed E-state index contributed by atoms with van der Waals surface area (Å²) in [7, 11) is 0. The van der Waals surface area contributed by atoms with E-state index in [4.69, 9.17) is 5.73 Å². The van der Waals surface area contributed by atoms with E-state index in [1.54, 1.807) is 24.3 Å². The molecule has 2 atom stereocenters. The van der Waals surface area contributed by atoms with Gasteiger partial charge in [-0.05, 0) is 54.5 Å². The molecule has 4 rings (SSSR count). The third-order valence-electron chi connectivity index (χ3n) is 5.95. The molecule has 0 aliphatic carbocycles. The van der Waals surface area contributed by atoms with Crippen LogP contribution in [0.1, 0.15) is 48.9 Å². The minimum atomic E-state index is -4.52. The average molecular weight is 492 g/mol. The summed E-state index contributed by atoms with van der Waals surface area (Å²) in [6.07, 6.45) is -1.09. The van der Waals surface area contributed by atoms with Crippen molar-refractivity contribution in [3.8, 4) is 0 Å². The van der Waals surface area contributed by atoms with Gasteiger partial charge in [-0.3, -0.25) is 9.59 Å². The molecule has 34 heavy (non-hydrogen) atoms. The van der Waals surface area contributed by atoms with Crippen molar-refractivity contribution in [1.82, 2.24) is 14.9 Å². The lowest BCUT2D eigenvalue weighted by Crippen LogP contribution is -2.46.